The van der Waals surface area contributed by atoms with Gasteiger partial charge in [-0.15, -0.1) is 12.4 Å². The fourth-order valence-corrected chi connectivity index (χ4v) is 1.67. The largest absolute Gasteiger partial charge is 0.330 e. The molecule has 0 aromatic heterocycles. The molecule has 0 atom stereocenters. The van der Waals surface area contributed by atoms with Crippen molar-refractivity contribution < 1.29 is 4.39 Å². The van der Waals surface area contributed by atoms with Gasteiger partial charge in [0.2, 0.25) is 0 Å². The van der Waals surface area contributed by atoms with Gasteiger partial charge in [0.05, 0.1) is 0 Å². The second kappa shape index (κ2) is 4.96. The predicted molar refractivity (Wildman–Crippen MR) is 60.7 cm³/mol. The van der Waals surface area contributed by atoms with Gasteiger partial charge in [-0.3, -0.25) is 0 Å². The summed E-state index contributed by atoms with van der Waals surface area (Å²) in [6, 6.07) is 4.67. The second-order valence-electron chi connectivity index (χ2n) is 3.68. The minimum atomic E-state index is -0.414. The van der Waals surface area contributed by atoms with Gasteiger partial charge in [0.25, 0.3) is 0 Å². The molecule has 0 aliphatic heterocycles. The minimum Gasteiger partial charge on any atom is -0.330 e. The van der Waals surface area contributed by atoms with Gasteiger partial charge in [-0.05, 0) is 12.1 Å². The van der Waals surface area contributed by atoms with Crippen LogP contribution in [0.3, 0.4) is 0 Å². The van der Waals surface area contributed by atoms with E-state index in [4.69, 9.17) is 17.3 Å². The molecule has 0 fully saturated rings. The number of halogens is 3. The van der Waals surface area contributed by atoms with E-state index in [2.05, 4.69) is 0 Å². The molecule has 0 bridgehead atoms. The van der Waals surface area contributed by atoms with Crippen LogP contribution >= 0.6 is 24.0 Å². The SMILES string of the molecule is CC(C)(CN)c1c(F)cccc1Cl.Cl. The molecule has 0 amide bonds. The Hall–Kier alpha value is -0.310. The van der Waals surface area contributed by atoms with Gasteiger partial charge in [0.1, 0.15) is 5.82 Å². The summed E-state index contributed by atoms with van der Waals surface area (Å²) < 4.78 is 13.4. The van der Waals surface area contributed by atoms with E-state index < -0.39 is 5.41 Å². The topological polar surface area (TPSA) is 26.0 Å². The lowest BCUT2D eigenvalue weighted by Gasteiger charge is -2.24. The Balaban J connectivity index is 0.00000169. The summed E-state index contributed by atoms with van der Waals surface area (Å²) in [6.07, 6.45) is 0. The zero-order valence-electron chi connectivity index (χ0n) is 8.18. The van der Waals surface area contributed by atoms with Gasteiger partial charge in [-0.1, -0.05) is 31.5 Å². The van der Waals surface area contributed by atoms with Gasteiger partial charge in [-0.25, -0.2) is 4.39 Å². The normalized spacial score (nSPS) is 10.9. The van der Waals surface area contributed by atoms with Crippen LogP contribution < -0.4 is 5.73 Å². The Labute approximate surface area is 94.9 Å². The molecule has 0 saturated heterocycles. The van der Waals surface area contributed by atoms with E-state index in [-0.39, 0.29) is 18.2 Å². The highest BCUT2D eigenvalue weighted by atomic mass is 35.5. The first kappa shape index (κ1) is 13.7. The third-order valence-corrected chi connectivity index (χ3v) is 2.46. The van der Waals surface area contributed by atoms with E-state index in [1.165, 1.54) is 6.07 Å². The first-order valence-electron chi connectivity index (χ1n) is 4.13. The van der Waals surface area contributed by atoms with E-state index >= 15 is 0 Å². The van der Waals surface area contributed by atoms with Crippen LogP contribution in [-0.2, 0) is 5.41 Å². The number of hydrogen-bond donors (Lipinski definition) is 1. The molecule has 1 aromatic carbocycles. The van der Waals surface area contributed by atoms with Crippen molar-refractivity contribution in [3.8, 4) is 0 Å². The monoisotopic (exact) mass is 237 g/mol. The van der Waals surface area contributed by atoms with Crippen molar-refractivity contribution in [1.82, 2.24) is 0 Å². The molecule has 1 rings (SSSR count). The van der Waals surface area contributed by atoms with Crippen LogP contribution in [0.4, 0.5) is 4.39 Å². The predicted octanol–water partition coefficient (Wildman–Crippen LogP) is 3.14. The fraction of sp³-hybridized carbons (Fsp3) is 0.400. The number of nitrogens with two attached hydrogens (primary N) is 1. The fourth-order valence-electron chi connectivity index (χ4n) is 1.25. The summed E-state index contributed by atoms with van der Waals surface area (Å²) in [7, 11) is 0. The Morgan fingerprint density at radius 3 is 2.43 bits per heavy atom. The van der Waals surface area contributed by atoms with Crippen LogP contribution in [0.2, 0.25) is 5.02 Å². The van der Waals surface area contributed by atoms with Crippen LogP contribution in [0.5, 0.6) is 0 Å². The number of benzene rings is 1. The highest BCUT2D eigenvalue weighted by Crippen LogP contribution is 2.30. The lowest BCUT2D eigenvalue weighted by molar-refractivity contribution is 0.493. The Morgan fingerprint density at radius 2 is 2.00 bits per heavy atom. The van der Waals surface area contributed by atoms with Crippen molar-refractivity contribution in [2.24, 2.45) is 5.73 Å². The molecule has 2 N–H and O–H groups in total. The smallest absolute Gasteiger partial charge is 0.128 e. The third kappa shape index (κ3) is 2.59. The van der Waals surface area contributed by atoms with Gasteiger partial charge in [0, 0.05) is 22.5 Å². The van der Waals surface area contributed by atoms with E-state index in [1.54, 1.807) is 12.1 Å². The van der Waals surface area contributed by atoms with Gasteiger partial charge >= 0.3 is 0 Å². The summed E-state index contributed by atoms with van der Waals surface area (Å²) in [5, 5.41) is 0.440. The third-order valence-electron chi connectivity index (χ3n) is 2.15. The highest BCUT2D eigenvalue weighted by Gasteiger charge is 2.24. The average Bonchev–Trinajstić information content (AvgIpc) is 2.03. The Bertz CT molecular complexity index is 293. The lowest BCUT2D eigenvalue weighted by Crippen LogP contribution is -2.29. The first-order valence-corrected chi connectivity index (χ1v) is 4.51. The highest BCUT2D eigenvalue weighted by molar-refractivity contribution is 6.31. The van der Waals surface area contributed by atoms with Crippen molar-refractivity contribution in [3.63, 3.8) is 0 Å². The molecule has 1 aromatic rings. The molecule has 0 unspecified atom stereocenters. The quantitative estimate of drug-likeness (QED) is 0.841. The summed E-state index contributed by atoms with van der Waals surface area (Å²) in [4.78, 5) is 0. The lowest BCUT2D eigenvalue weighted by atomic mass is 9.84. The molecule has 0 radical (unpaired) electrons. The summed E-state index contributed by atoms with van der Waals surface area (Å²) >= 11 is 5.90. The molecule has 0 spiro atoms. The van der Waals surface area contributed by atoms with E-state index in [0.29, 0.717) is 17.1 Å². The van der Waals surface area contributed by atoms with E-state index in [1.807, 2.05) is 13.8 Å². The molecule has 0 aliphatic rings. The molecular weight excluding hydrogens is 224 g/mol. The number of rotatable bonds is 2. The average molecular weight is 238 g/mol. The van der Waals surface area contributed by atoms with Crippen LogP contribution in [0, 0.1) is 5.82 Å². The molecule has 0 heterocycles. The van der Waals surface area contributed by atoms with Crippen molar-refractivity contribution in [2.45, 2.75) is 19.3 Å². The summed E-state index contributed by atoms with van der Waals surface area (Å²) in [5.41, 5.74) is 5.64. The maximum absolute atomic E-state index is 13.4. The number of hydrogen-bond acceptors (Lipinski definition) is 1. The maximum atomic E-state index is 13.4. The van der Waals surface area contributed by atoms with Crippen molar-refractivity contribution in [1.29, 1.82) is 0 Å². The second-order valence-corrected chi connectivity index (χ2v) is 4.09. The van der Waals surface area contributed by atoms with Crippen molar-refractivity contribution >= 4 is 24.0 Å². The zero-order valence-corrected chi connectivity index (χ0v) is 9.75. The van der Waals surface area contributed by atoms with Crippen LogP contribution in [-0.4, -0.2) is 6.54 Å². The molecule has 4 heteroatoms. The molecule has 14 heavy (non-hydrogen) atoms. The Kier molecular flexibility index (Phi) is 4.85. The molecular formula is C10H14Cl2FN. The van der Waals surface area contributed by atoms with E-state index in [9.17, 15) is 4.39 Å². The summed E-state index contributed by atoms with van der Waals surface area (Å²) in [5.74, 6) is -0.289. The zero-order chi connectivity index (χ0) is 10.1. The van der Waals surface area contributed by atoms with Gasteiger partial charge in [0.15, 0.2) is 0 Å². The van der Waals surface area contributed by atoms with Crippen LogP contribution in [0.1, 0.15) is 19.4 Å². The summed E-state index contributed by atoms with van der Waals surface area (Å²) in [6.45, 7) is 4.11. The maximum Gasteiger partial charge on any atom is 0.128 e. The van der Waals surface area contributed by atoms with Crippen LogP contribution in [0.15, 0.2) is 18.2 Å². The van der Waals surface area contributed by atoms with Gasteiger partial charge in [-0.2, -0.15) is 0 Å². The molecule has 0 aliphatic carbocycles. The van der Waals surface area contributed by atoms with Crippen LogP contribution in [0.25, 0.3) is 0 Å². The van der Waals surface area contributed by atoms with Crippen molar-refractivity contribution in [2.75, 3.05) is 6.54 Å². The molecule has 80 valence electrons. The molecule has 1 nitrogen and oxygen atoms in total. The van der Waals surface area contributed by atoms with Gasteiger partial charge < -0.3 is 5.73 Å². The Morgan fingerprint density at radius 1 is 1.43 bits per heavy atom. The first-order chi connectivity index (χ1) is 5.99. The standard InChI is InChI=1S/C10H13ClFN.ClH/c1-10(2,6-13)9-7(11)4-3-5-8(9)12;/h3-5H,6,13H2,1-2H3;1H. The molecule has 0 saturated carbocycles. The van der Waals surface area contributed by atoms with E-state index in [0.717, 1.165) is 0 Å². The van der Waals surface area contributed by atoms with Crippen molar-refractivity contribution in [3.05, 3.63) is 34.6 Å². The minimum absolute atomic E-state index is 0.